The molecule has 0 spiro atoms. The Morgan fingerprint density at radius 2 is 1.56 bits per heavy atom. The molecule has 2 rings (SSSR count). The molecule has 2 aromatic rings. The van der Waals surface area contributed by atoms with Gasteiger partial charge in [-0.1, -0.05) is 45.0 Å². The topological polar surface area (TPSA) is 70.6 Å². The molecule has 0 bridgehead atoms. The van der Waals surface area contributed by atoms with Crippen molar-refractivity contribution in [3.8, 4) is 0 Å². The van der Waals surface area contributed by atoms with Crippen LogP contribution in [0.5, 0.6) is 0 Å². The van der Waals surface area contributed by atoms with Crippen molar-refractivity contribution in [2.45, 2.75) is 26.2 Å². The Kier molecular flexibility index (Phi) is 5.64. The van der Waals surface area contributed by atoms with Gasteiger partial charge in [0.25, 0.3) is 0 Å². The number of hydrogen-bond acceptors (Lipinski definition) is 3. The summed E-state index contributed by atoms with van der Waals surface area (Å²) >= 11 is 0. The van der Waals surface area contributed by atoms with Crippen LogP contribution in [0.3, 0.4) is 0 Å². The van der Waals surface area contributed by atoms with Crippen LogP contribution in [-0.2, 0) is 15.0 Å². The Morgan fingerprint density at radius 3 is 2.12 bits per heavy atom. The van der Waals surface area contributed by atoms with E-state index in [9.17, 15) is 14.0 Å². The third-order valence-electron chi connectivity index (χ3n) is 3.46. The average molecular weight is 341 g/mol. The van der Waals surface area contributed by atoms with E-state index < -0.39 is 17.6 Å². The quantitative estimate of drug-likeness (QED) is 0.511. The lowest BCUT2D eigenvalue weighted by atomic mass is 9.87. The largest absolute Gasteiger partial charge is 0.329 e. The van der Waals surface area contributed by atoms with Crippen LogP contribution in [0.2, 0.25) is 0 Å². The highest BCUT2D eigenvalue weighted by Crippen LogP contribution is 2.21. The van der Waals surface area contributed by atoms with Crippen molar-refractivity contribution in [2.24, 2.45) is 5.10 Å². The minimum absolute atomic E-state index is 0.0579. The Balaban J connectivity index is 1.89. The van der Waals surface area contributed by atoms with Gasteiger partial charge in [-0.25, -0.2) is 9.82 Å². The molecule has 5 nitrogen and oxygen atoms in total. The molecule has 0 aliphatic heterocycles. The van der Waals surface area contributed by atoms with Crippen LogP contribution in [0.15, 0.2) is 53.6 Å². The van der Waals surface area contributed by atoms with Crippen molar-refractivity contribution in [3.63, 3.8) is 0 Å². The van der Waals surface area contributed by atoms with Gasteiger partial charge in [0, 0.05) is 5.69 Å². The van der Waals surface area contributed by atoms with Crippen LogP contribution in [0.25, 0.3) is 0 Å². The number of nitrogens with one attached hydrogen (secondary N) is 2. The van der Waals surface area contributed by atoms with Crippen molar-refractivity contribution < 1.29 is 14.0 Å². The van der Waals surface area contributed by atoms with Crippen LogP contribution in [0, 0.1) is 5.82 Å². The van der Waals surface area contributed by atoms with E-state index in [1.54, 1.807) is 0 Å². The fraction of sp³-hybridized carbons (Fsp3) is 0.211. The summed E-state index contributed by atoms with van der Waals surface area (Å²) < 4.78 is 12.8. The number of amides is 2. The lowest BCUT2D eigenvalue weighted by molar-refractivity contribution is -0.136. The molecular formula is C19H20FN3O2. The highest BCUT2D eigenvalue weighted by Gasteiger charge is 2.13. The van der Waals surface area contributed by atoms with Crippen LogP contribution in [-0.4, -0.2) is 18.0 Å². The molecule has 0 radical (unpaired) electrons. The minimum Gasteiger partial charge on any atom is -0.318 e. The predicted octanol–water partition coefficient (Wildman–Crippen LogP) is 3.21. The number of anilines is 1. The minimum atomic E-state index is -0.910. The Hall–Kier alpha value is -3.02. The maximum Gasteiger partial charge on any atom is 0.329 e. The number of hydrogen-bond donors (Lipinski definition) is 2. The summed E-state index contributed by atoms with van der Waals surface area (Å²) in [6, 6.07) is 12.8. The van der Waals surface area contributed by atoms with E-state index in [1.807, 2.05) is 24.3 Å². The predicted molar refractivity (Wildman–Crippen MR) is 95.9 cm³/mol. The number of halogens is 1. The first-order valence-corrected chi connectivity index (χ1v) is 7.76. The zero-order valence-corrected chi connectivity index (χ0v) is 14.3. The molecule has 6 heteroatoms. The number of carbonyl (C=O) groups excluding carboxylic acids is 2. The first-order chi connectivity index (χ1) is 11.8. The first-order valence-electron chi connectivity index (χ1n) is 7.76. The molecular weight excluding hydrogens is 321 g/mol. The molecule has 2 N–H and O–H groups in total. The van der Waals surface area contributed by atoms with Crippen LogP contribution in [0.1, 0.15) is 31.9 Å². The second-order valence-corrected chi connectivity index (χ2v) is 6.53. The van der Waals surface area contributed by atoms with Crippen molar-refractivity contribution in [1.82, 2.24) is 5.43 Å². The molecule has 2 aromatic carbocycles. The zero-order valence-electron chi connectivity index (χ0n) is 14.3. The van der Waals surface area contributed by atoms with Gasteiger partial charge in [-0.15, -0.1) is 0 Å². The first kappa shape index (κ1) is 18.3. The van der Waals surface area contributed by atoms with Crippen molar-refractivity contribution >= 4 is 23.7 Å². The molecule has 130 valence electrons. The Labute approximate surface area is 145 Å². The van der Waals surface area contributed by atoms with Crippen molar-refractivity contribution in [2.75, 3.05) is 5.32 Å². The van der Waals surface area contributed by atoms with Crippen molar-refractivity contribution in [3.05, 3.63) is 65.5 Å². The molecule has 0 aliphatic carbocycles. The molecule has 0 heterocycles. The summed E-state index contributed by atoms with van der Waals surface area (Å²) in [6.07, 6.45) is 1.45. The lowest BCUT2D eigenvalue weighted by Gasteiger charge is -2.18. The van der Waals surface area contributed by atoms with Gasteiger partial charge in [0.15, 0.2) is 0 Å². The third-order valence-corrected chi connectivity index (χ3v) is 3.46. The summed E-state index contributed by atoms with van der Waals surface area (Å²) in [5.74, 6) is -2.22. The SMILES string of the molecule is CC(C)(C)c1ccc(/C=N\NC(=O)C(=O)Nc2ccc(F)cc2)cc1. The summed E-state index contributed by atoms with van der Waals surface area (Å²) in [4.78, 5) is 23.4. The number of rotatable bonds is 3. The van der Waals surface area contributed by atoms with Gasteiger partial charge >= 0.3 is 11.8 Å². The molecule has 0 atom stereocenters. The number of benzene rings is 2. The maximum absolute atomic E-state index is 12.8. The summed E-state index contributed by atoms with van der Waals surface area (Å²) in [5.41, 5.74) is 4.52. The summed E-state index contributed by atoms with van der Waals surface area (Å²) in [5, 5.41) is 6.11. The van der Waals surface area contributed by atoms with E-state index >= 15 is 0 Å². The fourth-order valence-electron chi connectivity index (χ4n) is 2.01. The van der Waals surface area contributed by atoms with Gasteiger partial charge < -0.3 is 5.32 Å². The van der Waals surface area contributed by atoms with Gasteiger partial charge in [-0.05, 0) is 40.8 Å². The second kappa shape index (κ2) is 7.70. The van der Waals surface area contributed by atoms with E-state index in [2.05, 4.69) is 36.6 Å². The Bertz CT molecular complexity index is 776. The van der Waals surface area contributed by atoms with Gasteiger partial charge in [-0.3, -0.25) is 9.59 Å². The zero-order chi connectivity index (χ0) is 18.4. The lowest BCUT2D eigenvalue weighted by Crippen LogP contribution is -2.32. The molecule has 0 saturated carbocycles. The Morgan fingerprint density at radius 1 is 0.960 bits per heavy atom. The number of carbonyl (C=O) groups is 2. The van der Waals surface area contributed by atoms with Crippen LogP contribution < -0.4 is 10.7 Å². The van der Waals surface area contributed by atoms with E-state index in [0.717, 1.165) is 5.56 Å². The van der Waals surface area contributed by atoms with Gasteiger partial charge in [0.2, 0.25) is 0 Å². The molecule has 0 aliphatic rings. The molecule has 2 amide bonds. The molecule has 25 heavy (non-hydrogen) atoms. The van der Waals surface area contributed by atoms with Gasteiger partial charge in [0.05, 0.1) is 6.21 Å². The summed E-state index contributed by atoms with van der Waals surface area (Å²) in [7, 11) is 0. The smallest absolute Gasteiger partial charge is 0.318 e. The normalized spacial score (nSPS) is 11.4. The molecule has 0 aromatic heterocycles. The van der Waals surface area contributed by atoms with E-state index in [1.165, 1.54) is 36.0 Å². The highest BCUT2D eigenvalue weighted by molar-refractivity contribution is 6.39. The third kappa shape index (κ3) is 5.53. The van der Waals surface area contributed by atoms with Crippen molar-refractivity contribution in [1.29, 1.82) is 0 Å². The molecule has 0 unspecified atom stereocenters. The molecule has 0 fully saturated rings. The van der Waals surface area contributed by atoms with E-state index in [0.29, 0.717) is 5.69 Å². The number of nitrogens with zero attached hydrogens (tertiary/aromatic N) is 1. The second-order valence-electron chi connectivity index (χ2n) is 6.53. The maximum atomic E-state index is 12.8. The van der Waals surface area contributed by atoms with Crippen LogP contribution in [0.4, 0.5) is 10.1 Å². The standard InChI is InChI=1S/C19H20FN3O2/c1-19(2,3)14-6-4-13(5-7-14)12-21-23-18(25)17(24)22-16-10-8-15(20)9-11-16/h4-12H,1-3H3,(H,22,24)(H,23,25)/b21-12-. The van der Waals surface area contributed by atoms with Gasteiger partial charge in [-0.2, -0.15) is 5.10 Å². The number of hydrazone groups is 1. The van der Waals surface area contributed by atoms with E-state index in [-0.39, 0.29) is 5.41 Å². The fourth-order valence-corrected chi connectivity index (χ4v) is 2.01. The summed E-state index contributed by atoms with van der Waals surface area (Å²) in [6.45, 7) is 6.36. The van der Waals surface area contributed by atoms with Crippen LogP contribution >= 0.6 is 0 Å². The average Bonchev–Trinajstić information content (AvgIpc) is 2.56. The monoisotopic (exact) mass is 341 g/mol. The van der Waals surface area contributed by atoms with Gasteiger partial charge in [0.1, 0.15) is 5.82 Å². The highest BCUT2D eigenvalue weighted by atomic mass is 19.1. The van der Waals surface area contributed by atoms with E-state index in [4.69, 9.17) is 0 Å². The molecule has 0 saturated heterocycles.